The summed E-state index contributed by atoms with van der Waals surface area (Å²) in [6.07, 6.45) is 6.15. The van der Waals surface area contributed by atoms with E-state index >= 15 is 0 Å². The Morgan fingerprint density at radius 1 is 1.44 bits per heavy atom. The van der Waals surface area contributed by atoms with Gasteiger partial charge < -0.3 is 9.47 Å². The Kier molecular flexibility index (Phi) is 6.14. The van der Waals surface area contributed by atoms with Gasteiger partial charge in [0.05, 0.1) is 6.61 Å². The molecule has 2 aromatic rings. The number of benzene rings is 1. The molecule has 1 N–H and O–H groups in total. The summed E-state index contributed by atoms with van der Waals surface area (Å²) in [5.41, 5.74) is 0.864. The van der Waals surface area contributed by atoms with Gasteiger partial charge in [-0.05, 0) is 31.4 Å². The molecule has 1 aromatic heterocycles. The first-order valence-electron chi connectivity index (χ1n) is 8.42. The number of aromatic nitrogens is 2. The minimum atomic E-state index is -0.250. The Balaban J connectivity index is 1.60. The number of carbonyl (C=O) groups is 1. The van der Waals surface area contributed by atoms with Gasteiger partial charge >= 0.3 is 0 Å². The molecule has 0 bridgehead atoms. The number of ether oxygens (including phenoxy) is 2. The van der Waals surface area contributed by atoms with Crippen LogP contribution >= 0.6 is 11.3 Å². The van der Waals surface area contributed by atoms with Crippen LogP contribution in [-0.2, 0) is 9.53 Å². The zero-order valence-electron chi connectivity index (χ0n) is 14.1. The number of hydrogen-bond donors (Lipinski definition) is 1. The van der Waals surface area contributed by atoms with E-state index < -0.39 is 0 Å². The highest BCUT2D eigenvalue weighted by molar-refractivity contribution is 7.15. The molecule has 1 aromatic carbocycles. The SMILES string of the molecule is CCCOc1ccccc1/C=C/C(=O)Nc1nnc(C2CCCO2)s1. The normalized spacial score (nSPS) is 17.1. The first-order chi connectivity index (χ1) is 12.3. The second kappa shape index (κ2) is 8.73. The molecule has 132 valence electrons. The van der Waals surface area contributed by atoms with Crippen LogP contribution in [0.5, 0.6) is 5.75 Å². The van der Waals surface area contributed by atoms with Gasteiger partial charge in [0.1, 0.15) is 16.9 Å². The number of nitrogens with zero attached hydrogens (tertiary/aromatic N) is 2. The van der Waals surface area contributed by atoms with Crippen molar-refractivity contribution in [1.29, 1.82) is 0 Å². The predicted molar refractivity (Wildman–Crippen MR) is 97.7 cm³/mol. The zero-order valence-corrected chi connectivity index (χ0v) is 14.9. The number of nitrogens with one attached hydrogen (secondary N) is 1. The minimum Gasteiger partial charge on any atom is -0.493 e. The molecule has 1 fully saturated rings. The Morgan fingerprint density at radius 2 is 2.32 bits per heavy atom. The van der Waals surface area contributed by atoms with E-state index in [9.17, 15) is 4.79 Å². The Hall–Kier alpha value is -2.25. The lowest BCUT2D eigenvalue weighted by Crippen LogP contribution is -2.07. The van der Waals surface area contributed by atoms with Gasteiger partial charge in [-0.15, -0.1) is 10.2 Å². The van der Waals surface area contributed by atoms with E-state index in [1.54, 1.807) is 6.08 Å². The Bertz CT molecular complexity index is 739. The Morgan fingerprint density at radius 3 is 3.12 bits per heavy atom. The number of para-hydroxylation sites is 1. The number of amides is 1. The quantitative estimate of drug-likeness (QED) is 0.761. The summed E-state index contributed by atoms with van der Waals surface area (Å²) in [4.78, 5) is 12.1. The molecule has 0 radical (unpaired) electrons. The lowest BCUT2D eigenvalue weighted by atomic mass is 10.2. The van der Waals surface area contributed by atoms with E-state index in [0.717, 1.165) is 42.2 Å². The fraction of sp³-hybridized carbons (Fsp3) is 0.389. The summed E-state index contributed by atoms with van der Waals surface area (Å²) >= 11 is 1.36. The van der Waals surface area contributed by atoms with Gasteiger partial charge in [-0.3, -0.25) is 10.1 Å². The summed E-state index contributed by atoms with van der Waals surface area (Å²) in [5.74, 6) is 0.519. The van der Waals surface area contributed by atoms with Crippen molar-refractivity contribution in [3.63, 3.8) is 0 Å². The van der Waals surface area contributed by atoms with Crippen LogP contribution in [0.3, 0.4) is 0 Å². The molecule has 1 atom stereocenters. The van der Waals surface area contributed by atoms with Crippen molar-refractivity contribution < 1.29 is 14.3 Å². The maximum absolute atomic E-state index is 12.1. The summed E-state index contributed by atoms with van der Waals surface area (Å²) < 4.78 is 11.3. The van der Waals surface area contributed by atoms with Crippen molar-refractivity contribution in [3.05, 3.63) is 40.9 Å². The third-order valence-electron chi connectivity index (χ3n) is 3.67. The second-order valence-electron chi connectivity index (χ2n) is 5.66. The van der Waals surface area contributed by atoms with Crippen molar-refractivity contribution in [3.8, 4) is 5.75 Å². The molecule has 1 amide bonds. The van der Waals surface area contributed by atoms with Crippen LogP contribution in [0.2, 0.25) is 0 Å². The zero-order chi connectivity index (χ0) is 17.5. The summed E-state index contributed by atoms with van der Waals surface area (Å²) in [7, 11) is 0. The van der Waals surface area contributed by atoms with Crippen molar-refractivity contribution in [2.24, 2.45) is 0 Å². The first kappa shape index (κ1) is 17.6. The number of anilines is 1. The van der Waals surface area contributed by atoms with Crippen molar-refractivity contribution >= 4 is 28.5 Å². The molecule has 1 aliphatic rings. The second-order valence-corrected chi connectivity index (χ2v) is 6.67. The molecule has 7 heteroatoms. The molecule has 0 spiro atoms. The van der Waals surface area contributed by atoms with Gasteiger partial charge in [-0.25, -0.2) is 0 Å². The van der Waals surface area contributed by atoms with Gasteiger partial charge in [0.2, 0.25) is 11.0 Å². The summed E-state index contributed by atoms with van der Waals surface area (Å²) in [6, 6.07) is 7.63. The lowest BCUT2D eigenvalue weighted by Gasteiger charge is -2.07. The standard InChI is InChI=1S/C18H21N3O3S/c1-2-11-23-14-7-4-3-6-13(14)9-10-16(22)19-18-21-20-17(25-18)15-8-5-12-24-15/h3-4,6-7,9-10,15H,2,5,8,11-12H2,1H3,(H,19,21,22)/b10-9+. The summed E-state index contributed by atoms with van der Waals surface area (Å²) in [5, 5.41) is 12.2. The van der Waals surface area contributed by atoms with Crippen molar-refractivity contribution in [1.82, 2.24) is 10.2 Å². The number of rotatable bonds is 7. The molecule has 3 rings (SSSR count). The minimum absolute atomic E-state index is 0.0151. The number of hydrogen-bond acceptors (Lipinski definition) is 6. The topological polar surface area (TPSA) is 73.3 Å². The smallest absolute Gasteiger partial charge is 0.250 e. The van der Waals surface area contributed by atoms with Crippen LogP contribution in [0.1, 0.15) is 42.9 Å². The maximum atomic E-state index is 12.1. The average Bonchev–Trinajstić information content (AvgIpc) is 3.30. The fourth-order valence-electron chi connectivity index (χ4n) is 2.46. The highest BCUT2D eigenvalue weighted by Crippen LogP contribution is 2.31. The Labute approximate surface area is 150 Å². The molecule has 1 unspecified atom stereocenters. The third kappa shape index (κ3) is 4.87. The van der Waals surface area contributed by atoms with Crippen molar-refractivity contribution in [2.75, 3.05) is 18.5 Å². The van der Waals surface area contributed by atoms with E-state index in [0.29, 0.717) is 11.7 Å². The molecule has 2 heterocycles. The molecule has 0 saturated carbocycles. The van der Waals surface area contributed by atoms with Crippen LogP contribution in [-0.4, -0.2) is 29.3 Å². The largest absolute Gasteiger partial charge is 0.493 e. The van der Waals surface area contributed by atoms with Gasteiger partial charge in [-0.1, -0.05) is 36.5 Å². The summed E-state index contributed by atoms with van der Waals surface area (Å²) in [6.45, 7) is 3.46. The number of carbonyl (C=O) groups excluding carboxylic acids is 1. The lowest BCUT2D eigenvalue weighted by molar-refractivity contribution is -0.111. The van der Waals surface area contributed by atoms with Crippen LogP contribution in [0.15, 0.2) is 30.3 Å². The van der Waals surface area contributed by atoms with E-state index in [2.05, 4.69) is 22.4 Å². The van der Waals surface area contributed by atoms with E-state index in [1.807, 2.05) is 24.3 Å². The van der Waals surface area contributed by atoms with E-state index in [-0.39, 0.29) is 12.0 Å². The molecule has 0 aliphatic carbocycles. The van der Waals surface area contributed by atoms with Crippen LogP contribution in [0.4, 0.5) is 5.13 Å². The van der Waals surface area contributed by atoms with Crippen LogP contribution in [0, 0.1) is 0 Å². The van der Waals surface area contributed by atoms with Gasteiger partial charge in [0.15, 0.2) is 0 Å². The molecule has 1 aliphatic heterocycles. The average molecular weight is 359 g/mol. The molecule has 6 nitrogen and oxygen atoms in total. The highest BCUT2D eigenvalue weighted by atomic mass is 32.1. The van der Waals surface area contributed by atoms with Gasteiger partial charge in [0, 0.05) is 18.2 Å². The predicted octanol–water partition coefficient (Wildman–Crippen LogP) is 3.83. The van der Waals surface area contributed by atoms with Gasteiger partial charge in [0.25, 0.3) is 0 Å². The van der Waals surface area contributed by atoms with E-state index in [4.69, 9.17) is 9.47 Å². The molecular weight excluding hydrogens is 338 g/mol. The van der Waals surface area contributed by atoms with E-state index in [1.165, 1.54) is 17.4 Å². The van der Waals surface area contributed by atoms with Gasteiger partial charge in [-0.2, -0.15) is 0 Å². The monoisotopic (exact) mass is 359 g/mol. The fourth-order valence-corrected chi connectivity index (χ4v) is 3.29. The maximum Gasteiger partial charge on any atom is 0.250 e. The third-order valence-corrected chi connectivity index (χ3v) is 4.60. The van der Waals surface area contributed by atoms with Crippen LogP contribution < -0.4 is 10.1 Å². The van der Waals surface area contributed by atoms with Crippen molar-refractivity contribution in [2.45, 2.75) is 32.3 Å². The molecule has 1 saturated heterocycles. The first-order valence-corrected chi connectivity index (χ1v) is 9.24. The highest BCUT2D eigenvalue weighted by Gasteiger charge is 2.22. The molecular formula is C18H21N3O3S. The van der Waals surface area contributed by atoms with Crippen LogP contribution in [0.25, 0.3) is 6.08 Å². The molecule has 25 heavy (non-hydrogen) atoms.